The van der Waals surface area contributed by atoms with E-state index in [9.17, 15) is 0 Å². The normalized spacial score (nSPS) is 17.9. The third-order valence-corrected chi connectivity index (χ3v) is 6.08. The van der Waals surface area contributed by atoms with Gasteiger partial charge in [-0.3, -0.25) is 0 Å². The molecule has 33 heavy (non-hydrogen) atoms. The lowest BCUT2D eigenvalue weighted by molar-refractivity contribution is 0.111. The summed E-state index contributed by atoms with van der Waals surface area (Å²) >= 11 is 0. The van der Waals surface area contributed by atoms with Gasteiger partial charge in [0.25, 0.3) is 0 Å². The van der Waals surface area contributed by atoms with Crippen molar-refractivity contribution in [1.29, 1.82) is 0 Å². The molecule has 6 heteroatoms. The van der Waals surface area contributed by atoms with Gasteiger partial charge >= 0.3 is 0 Å². The van der Waals surface area contributed by atoms with Gasteiger partial charge in [-0.2, -0.15) is 0 Å². The number of piperidine rings is 1. The lowest BCUT2D eigenvalue weighted by Crippen LogP contribution is -2.59. The van der Waals surface area contributed by atoms with E-state index in [1.165, 1.54) is 19.4 Å². The van der Waals surface area contributed by atoms with Gasteiger partial charge in [0.05, 0.1) is 5.52 Å². The van der Waals surface area contributed by atoms with Crippen molar-refractivity contribution in [2.45, 2.75) is 25.8 Å². The van der Waals surface area contributed by atoms with E-state index in [4.69, 9.17) is 11.2 Å². The van der Waals surface area contributed by atoms with Crippen molar-refractivity contribution >= 4 is 22.4 Å². The monoisotopic (exact) mass is 435 g/mol. The molecule has 2 N–H and O–H groups in total. The molecule has 1 saturated carbocycles. The number of fused-ring (bicyclic) bond motifs is 2. The van der Waals surface area contributed by atoms with Crippen LogP contribution in [0.1, 0.15) is 24.2 Å². The minimum Gasteiger partial charge on any atom is -0.439 e. The van der Waals surface area contributed by atoms with Crippen molar-refractivity contribution in [3.63, 3.8) is 0 Å². The Bertz CT molecular complexity index is 1300. The highest BCUT2D eigenvalue weighted by atomic mass is 16.5. The van der Waals surface area contributed by atoms with Crippen LogP contribution in [0.4, 0.5) is 11.5 Å². The smallest absolute Gasteiger partial charge is 0.219 e. The Morgan fingerprint density at radius 1 is 1.06 bits per heavy atom. The van der Waals surface area contributed by atoms with E-state index in [1.807, 2.05) is 67.6 Å². The lowest BCUT2D eigenvalue weighted by Gasteiger charge is -2.47. The van der Waals surface area contributed by atoms with E-state index in [1.54, 1.807) is 6.20 Å². The maximum Gasteiger partial charge on any atom is 0.219 e. The molecule has 164 valence electrons. The Labute approximate surface area is 193 Å². The average molecular weight is 436 g/mol. The third kappa shape index (κ3) is 4.64. The molecule has 2 aliphatic rings. The molecule has 4 aromatic rings. The molecular formula is C27H25N5O. The first-order chi connectivity index (χ1) is 16.2. The molecule has 6 rings (SSSR count). The molecule has 2 fully saturated rings. The number of terminal acetylenes is 1. The lowest BCUT2D eigenvalue weighted by atomic mass is 9.74. The zero-order valence-corrected chi connectivity index (χ0v) is 18.5. The summed E-state index contributed by atoms with van der Waals surface area (Å²) in [4.78, 5) is 13.0. The molecule has 3 heterocycles. The second kappa shape index (κ2) is 9.27. The minimum atomic E-state index is 0.350. The van der Waals surface area contributed by atoms with Crippen LogP contribution in [-0.2, 0) is 0 Å². The second-order valence-electron chi connectivity index (χ2n) is 8.28. The largest absolute Gasteiger partial charge is 0.439 e. The van der Waals surface area contributed by atoms with Crippen molar-refractivity contribution in [3.05, 3.63) is 78.2 Å². The van der Waals surface area contributed by atoms with Crippen LogP contribution in [0.5, 0.6) is 11.6 Å². The fourth-order valence-corrected chi connectivity index (χ4v) is 3.96. The van der Waals surface area contributed by atoms with Crippen LogP contribution < -0.4 is 15.4 Å². The van der Waals surface area contributed by atoms with Crippen LogP contribution in [0.15, 0.2) is 66.9 Å². The SMILES string of the molecule is C#Cc1nc(Nc2ccc(Oc3ccccn3)c(C)c2)c2ccccc2n1.C1CC2NCC12. The minimum absolute atomic E-state index is 0.350. The molecule has 2 aromatic heterocycles. The molecule has 0 spiro atoms. The van der Waals surface area contributed by atoms with Crippen LogP contribution in [0.25, 0.3) is 10.9 Å². The molecule has 0 radical (unpaired) electrons. The predicted octanol–water partition coefficient (Wildman–Crippen LogP) is 5.22. The Morgan fingerprint density at radius 2 is 1.91 bits per heavy atom. The summed E-state index contributed by atoms with van der Waals surface area (Å²) in [7, 11) is 0. The van der Waals surface area contributed by atoms with E-state index in [0.717, 1.165) is 39.9 Å². The van der Waals surface area contributed by atoms with Crippen LogP contribution in [-0.4, -0.2) is 27.5 Å². The molecule has 1 saturated heterocycles. The van der Waals surface area contributed by atoms with Gasteiger partial charge in [0, 0.05) is 29.4 Å². The number of ether oxygens (including phenoxy) is 1. The van der Waals surface area contributed by atoms with Crippen molar-refractivity contribution in [1.82, 2.24) is 20.3 Å². The zero-order valence-electron chi connectivity index (χ0n) is 18.5. The van der Waals surface area contributed by atoms with Gasteiger partial charge in [-0.1, -0.05) is 18.2 Å². The summed E-state index contributed by atoms with van der Waals surface area (Å²) in [6.45, 7) is 3.29. The number of benzene rings is 2. The van der Waals surface area contributed by atoms with Crippen LogP contribution in [0.3, 0.4) is 0 Å². The molecule has 0 bridgehead atoms. The van der Waals surface area contributed by atoms with Gasteiger partial charge in [-0.25, -0.2) is 15.0 Å². The number of pyridine rings is 1. The average Bonchev–Trinajstić information content (AvgIpc) is 2.84. The van der Waals surface area contributed by atoms with Crippen molar-refractivity contribution in [3.8, 4) is 24.0 Å². The third-order valence-electron chi connectivity index (χ3n) is 6.08. The second-order valence-corrected chi connectivity index (χ2v) is 8.28. The topological polar surface area (TPSA) is 72.0 Å². The number of para-hydroxylation sites is 1. The first-order valence-electron chi connectivity index (χ1n) is 11.1. The first-order valence-corrected chi connectivity index (χ1v) is 11.1. The van der Waals surface area contributed by atoms with Crippen LogP contribution in [0.2, 0.25) is 0 Å². The number of anilines is 2. The Morgan fingerprint density at radius 3 is 2.55 bits per heavy atom. The van der Waals surface area contributed by atoms with Crippen LogP contribution >= 0.6 is 0 Å². The maximum absolute atomic E-state index is 5.83. The summed E-state index contributed by atoms with van der Waals surface area (Å²) in [5.41, 5.74) is 2.66. The van der Waals surface area contributed by atoms with Gasteiger partial charge in [0.15, 0.2) is 0 Å². The molecule has 1 aliphatic carbocycles. The van der Waals surface area contributed by atoms with Gasteiger partial charge in [-0.15, -0.1) is 6.42 Å². The standard InChI is InChI=1S/C22H16N4O.C5H9N/c1-3-20-25-18-9-5-4-8-17(18)22(26-20)24-16-11-12-19(15(2)14-16)27-21-10-6-7-13-23-21;1-2-5-4(1)3-6-5/h1,4-14H,2H3,(H,24,25,26);4-6H,1-3H2. The Balaban J connectivity index is 0.000000324. The highest BCUT2D eigenvalue weighted by Gasteiger charge is 2.37. The quantitative estimate of drug-likeness (QED) is 0.428. The Kier molecular flexibility index (Phi) is 5.88. The van der Waals surface area contributed by atoms with Crippen molar-refractivity contribution < 1.29 is 4.74 Å². The van der Waals surface area contributed by atoms with Gasteiger partial charge < -0.3 is 15.4 Å². The fraction of sp³-hybridized carbons (Fsp3) is 0.222. The summed E-state index contributed by atoms with van der Waals surface area (Å²) in [5, 5.41) is 7.59. The molecule has 2 atom stereocenters. The number of hydrogen-bond acceptors (Lipinski definition) is 6. The van der Waals surface area contributed by atoms with E-state index in [0.29, 0.717) is 17.5 Å². The van der Waals surface area contributed by atoms with Gasteiger partial charge in [0.1, 0.15) is 11.6 Å². The molecule has 0 amide bonds. The number of rotatable bonds is 4. The molecule has 2 unspecified atom stereocenters. The summed E-state index contributed by atoms with van der Waals surface area (Å²) in [6, 6.07) is 20.1. The highest BCUT2D eigenvalue weighted by molar-refractivity contribution is 5.91. The Hall–Kier alpha value is -3.95. The predicted molar refractivity (Wildman–Crippen MR) is 131 cm³/mol. The number of nitrogens with zero attached hydrogens (tertiary/aromatic N) is 3. The van der Waals surface area contributed by atoms with E-state index < -0.39 is 0 Å². The zero-order chi connectivity index (χ0) is 22.6. The summed E-state index contributed by atoms with van der Waals surface area (Å²) in [5.74, 6) is 5.93. The van der Waals surface area contributed by atoms with Gasteiger partial charge in [-0.05, 0) is 80.1 Å². The van der Waals surface area contributed by atoms with E-state index in [2.05, 4.69) is 31.5 Å². The highest BCUT2D eigenvalue weighted by Crippen LogP contribution is 2.33. The van der Waals surface area contributed by atoms with Crippen LogP contribution in [0, 0.1) is 25.2 Å². The first kappa shape index (κ1) is 20.9. The molecular weight excluding hydrogens is 410 g/mol. The summed E-state index contributed by atoms with van der Waals surface area (Å²) in [6.07, 6.45) is 10.1. The number of aryl methyl sites for hydroxylation is 1. The fourth-order valence-electron chi connectivity index (χ4n) is 3.96. The molecule has 6 nitrogen and oxygen atoms in total. The van der Waals surface area contributed by atoms with E-state index in [-0.39, 0.29) is 0 Å². The number of hydrogen-bond donors (Lipinski definition) is 2. The van der Waals surface area contributed by atoms with Crippen molar-refractivity contribution in [2.75, 3.05) is 11.9 Å². The molecule has 2 aromatic carbocycles. The number of aromatic nitrogens is 3. The van der Waals surface area contributed by atoms with Gasteiger partial charge in [0.2, 0.25) is 11.7 Å². The van der Waals surface area contributed by atoms with Crippen molar-refractivity contribution in [2.24, 2.45) is 5.92 Å². The molecule has 1 aliphatic heterocycles. The maximum atomic E-state index is 5.83. The van der Waals surface area contributed by atoms with E-state index >= 15 is 0 Å². The summed E-state index contributed by atoms with van der Waals surface area (Å²) < 4.78 is 5.83. The number of nitrogens with one attached hydrogen (secondary N) is 2.